The highest BCUT2D eigenvalue weighted by atomic mass is 16.1. The highest BCUT2D eigenvalue weighted by molar-refractivity contribution is 5.97. The molecule has 0 aliphatic heterocycles. The van der Waals surface area contributed by atoms with Crippen molar-refractivity contribution in [2.45, 2.75) is 12.8 Å². The summed E-state index contributed by atoms with van der Waals surface area (Å²) in [6, 6.07) is 18.3. The highest BCUT2D eigenvalue weighted by Gasteiger charge is 2.08. The molecule has 0 radical (unpaired) electrons. The summed E-state index contributed by atoms with van der Waals surface area (Å²) in [5.74, 6) is -0.0471. The minimum absolute atomic E-state index is 0.0471. The van der Waals surface area contributed by atoms with E-state index >= 15 is 0 Å². The lowest BCUT2D eigenvalue weighted by molar-refractivity contribution is 0.0949. The molecule has 2 N–H and O–H groups in total. The molecule has 0 spiro atoms. The Hall–Kier alpha value is -2.75. The molecular formula is C20H23N3O. The molecule has 1 heterocycles. The number of benzene rings is 2. The van der Waals surface area contributed by atoms with Gasteiger partial charge in [-0.25, -0.2) is 0 Å². The number of anilines is 1. The third kappa shape index (κ3) is 3.77. The van der Waals surface area contributed by atoms with Crippen LogP contribution < -0.4 is 10.2 Å². The number of hydrogen-bond acceptors (Lipinski definition) is 2. The molecule has 0 unspecified atom stereocenters. The van der Waals surface area contributed by atoms with Crippen molar-refractivity contribution in [2.75, 3.05) is 25.5 Å². The van der Waals surface area contributed by atoms with Gasteiger partial charge in [0.05, 0.1) is 0 Å². The summed E-state index contributed by atoms with van der Waals surface area (Å²) in [6.07, 6.45) is 1.88. The summed E-state index contributed by atoms with van der Waals surface area (Å²) in [5.41, 5.74) is 4.10. The maximum Gasteiger partial charge on any atom is 0.267 e. The molecule has 2 aromatic carbocycles. The van der Waals surface area contributed by atoms with Gasteiger partial charge in [0.2, 0.25) is 0 Å². The van der Waals surface area contributed by atoms with E-state index in [1.807, 2.05) is 44.4 Å². The molecule has 3 rings (SSSR count). The van der Waals surface area contributed by atoms with E-state index in [2.05, 4.69) is 39.5 Å². The first-order valence-electron chi connectivity index (χ1n) is 8.26. The van der Waals surface area contributed by atoms with Gasteiger partial charge < -0.3 is 15.2 Å². The molecule has 0 saturated carbocycles. The van der Waals surface area contributed by atoms with Crippen molar-refractivity contribution in [2.24, 2.45) is 0 Å². The Labute approximate surface area is 142 Å². The van der Waals surface area contributed by atoms with E-state index < -0.39 is 0 Å². The minimum atomic E-state index is -0.0471. The first-order valence-corrected chi connectivity index (χ1v) is 8.26. The van der Waals surface area contributed by atoms with Crippen molar-refractivity contribution in [3.63, 3.8) is 0 Å². The molecule has 3 aromatic rings. The number of nitrogens with zero attached hydrogens (tertiary/aromatic N) is 1. The van der Waals surface area contributed by atoms with Crippen LogP contribution in [0.1, 0.15) is 22.5 Å². The Morgan fingerprint density at radius 2 is 1.83 bits per heavy atom. The molecule has 4 nitrogen and oxygen atoms in total. The maximum atomic E-state index is 12.2. The lowest BCUT2D eigenvalue weighted by atomic mass is 10.1. The Balaban J connectivity index is 1.48. The predicted molar refractivity (Wildman–Crippen MR) is 99.7 cm³/mol. The number of amides is 1. The van der Waals surface area contributed by atoms with Crippen LogP contribution >= 0.6 is 0 Å². The molecule has 0 aliphatic rings. The first-order chi connectivity index (χ1) is 11.6. The van der Waals surface area contributed by atoms with Gasteiger partial charge in [0.15, 0.2) is 0 Å². The van der Waals surface area contributed by atoms with Crippen LogP contribution in [0.4, 0.5) is 5.69 Å². The van der Waals surface area contributed by atoms with E-state index in [1.54, 1.807) is 0 Å². The van der Waals surface area contributed by atoms with E-state index in [4.69, 9.17) is 0 Å². The van der Waals surface area contributed by atoms with Gasteiger partial charge in [0.25, 0.3) is 5.91 Å². The number of carbonyl (C=O) groups excluding carboxylic acids is 1. The first kappa shape index (κ1) is 16.1. The fourth-order valence-electron chi connectivity index (χ4n) is 2.75. The van der Waals surface area contributed by atoms with Crippen molar-refractivity contribution in [1.82, 2.24) is 10.3 Å². The second-order valence-electron chi connectivity index (χ2n) is 6.19. The van der Waals surface area contributed by atoms with Crippen LogP contribution in [-0.2, 0) is 6.42 Å². The van der Waals surface area contributed by atoms with Crippen molar-refractivity contribution in [1.29, 1.82) is 0 Å². The van der Waals surface area contributed by atoms with Crippen LogP contribution in [-0.4, -0.2) is 31.5 Å². The van der Waals surface area contributed by atoms with E-state index in [-0.39, 0.29) is 5.91 Å². The van der Waals surface area contributed by atoms with E-state index in [1.165, 1.54) is 11.3 Å². The quantitative estimate of drug-likeness (QED) is 0.682. The van der Waals surface area contributed by atoms with Crippen molar-refractivity contribution in [3.05, 3.63) is 65.9 Å². The number of hydrogen-bond donors (Lipinski definition) is 2. The van der Waals surface area contributed by atoms with Crippen LogP contribution in [0.25, 0.3) is 10.9 Å². The standard InChI is InChI=1S/C20H23N3O/c1-23(2)17-11-9-15(10-12-17)6-5-13-21-20(24)19-14-16-7-3-4-8-18(16)22-19/h3-4,7-12,14,22H,5-6,13H2,1-2H3,(H,21,24). The predicted octanol–water partition coefficient (Wildman–Crippen LogP) is 3.60. The molecule has 0 saturated heterocycles. The Bertz CT molecular complexity index is 785. The molecule has 0 atom stereocenters. The number of fused-ring (bicyclic) bond motifs is 1. The third-order valence-corrected chi connectivity index (χ3v) is 4.16. The van der Waals surface area contributed by atoms with Crippen LogP contribution in [0.3, 0.4) is 0 Å². The number of rotatable bonds is 6. The average molecular weight is 321 g/mol. The summed E-state index contributed by atoms with van der Waals surface area (Å²) < 4.78 is 0. The highest BCUT2D eigenvalue weighted by Crippen LogP contribution is 2.15. The fourth-order valence-corrected chi connectivity index (χ4v) is 2.75. The Morgan fingerprint density at radius 3 is 2.54 bits per heavy atom. The van der Waals surface area contributed by atoms with Gasteiger partial charge in [-0.15, -0.1) is 0 Å². The molecule has 1 aromatic heterocycles. The molecule has 4 heteroatoms. The van der Waals surface area contributed by atoms with Gasteiger partial charge in [0.1, 0.15) is 5.69 Å². The maximum absolute atomic E-state index is 12.2. The Kier molecular flexibility index (Phi) is 4.85. The number of aryl methyl sites for hydroxylation is 1. The lowest BCUT2D eigenvalue weighted by Crippen LogP contribution is -2.25. The van der Waals surface area contributed by atoms with Gasteiger partial charge in [0, 0.05) is 37.2 Å². The van der Waals surface area contributed by atoms with Gasteiger partial charge in [-0.3, -0.25) is 4.79 Å². The molecule has 0 fully saturated rings. The van der Waals surface area contributed by atoms with Gasteiger partial charge >= 0.3 is 0 Å². The molecule has 1 amide bonds. The number of carbonyl (C=O) groups is 1. The monoisotopic (exact) mass is 321 g/mol. The molecular weight excluding hydrogens is 298 g/mol. The summed E-state index contributed by atoms with van der Waals surface area (Å²) in [4.78, 5) is 17.4. The largest absolute Gasteiger partial charge is 0.378 e. The number of aromatic amines is 1. The topological polar surface area (TPSA) is 48.1 Å². The molecule has 0 bridgehead atoms. The summed E-state index contributed by atoms with van der Waals surface area (Å²) >= 11 is 0. The number of para-hydroxylation sites is 1. The van der Waals surface area contributed by atoms with Crippen LogP contribution in [0.5, 0.6) is 0 Å². The summed E-state index contributed by atoms with van der Waals surface area (Å²) in [7, 11) is 4.07. The van der Waals surface area contributed by atoms with Crippen molar-refractivity contribution >= 4 is 22.5 Å². The summed E-state index contributed by atoms with van der Waals surface area (Å²) in [6.45, 7) is 0.670. The molecule has 124 valence electrons. The van der Waals surface area contributed by atoms with Crippen molar-refractivity contribution in [3.8, 4) is 0 Å². The molecule has 24 heavy (non-hydrogen) atoms. The zero-order valence-electron chi connectivity index (χ0n) is 14.2. The van der Waals surface area contributed by atoms with Gasteiger partial charge in [-0.1, -0.05) is 30.3 Å². The number of nitrogens with one attached hydrogen (secondary N) is 2. The second-order valence-corrected chi connectivity index (χ2v) is 6.19. The Morgan fingerprint density at radius 1 is 1.08 bits per heavy atom. The lowest BCUT2D eigenvalue weighted by Gasteiger charge is -2.12. The van der Waals surface area contributed by atoms with E-state index in [0.717, 1.165) is 23.7 Å². The minimum Gasteiger partial charge on any atom is -0.378 e. The van der Waals surface area contributed by atoms with E-state index in [0.29, 0.717) is 12.2 Å². The van der Waals surface area contributed by atoms with Gasteiger partial charge in [-0.05, 0) is 42.7 Å². The normalized spacial score (nSPS) is 10.8. The fraction of sp³-hybridized carbons (Fsp3) is 0.250. The van der Waals surface area contributed by atoms with E-state index in [9.17, 15) is 4.79 Å². The second kappa shape index (κ2) is 7.21. The summed E-state index contributed by atoms with van der Waals surface area (Å²) in [5, 5.41) is 4.04. The van der Waals surface area contributed by atoms with Gasteiger partial charge in [-0.2, -0.15) is 0 Å². The number of H-pyrrole nitrogens is 1. The average Bonchev–Trinajstić information content (AvgIpc) is 3.03. The molecule has 0 aliphatic carbocycles. The zero-order chi connectivity index (χ0) is 16.9. The number of aromatic nitrogens is 1. The van der Waals surface area contributed by atoms with Crippen LogP contribution in [0.15, 0.2) is 54.6 Å². The smallest absolute Gasteiger partial charge is 0.267 e. The van der Waals surface area contributed by atoms with Crippen molar-refractivity contribution < 1.29 is 4.79 Å². The SMILES string of the molecule is CN(C)c1ccc(CCCNC(=O)c2cc3ccccc3[nH]2)cc1. The zero-order valence-corrected chi connectivity index (χ0v) is 14.2. The van der Waals surface area contributed by atoms with Crippen LogP contribution in [0.2, 0.25) is 0 Å². The van der Waals surface area contributed by atoms with Crippen LogP contribution in [0, 0.1) is 0 Å². The third-order valence-electron chi connectivity index (χ3n) is 4.16.